The molecule has 4 heteroatoms. The van der Waals surface area contributed by atoms with Crippen LogP contribution >= 0.6 is 0 Å². The zero-order chi connectivity index (χ0) is 9.97. The standard InChI is InChI=1S/C10H16N4/c1-7-12-3-2-10(14-7)13-6-8-4-9(11)5-8/h2-3,8-9H,4-6,11H2,1H3,(H,12,13,14). The van der Waals surface area contributed by atoms with Gasteiger partial charge < -0.3 is 11.1 Å². The molecule has 0 saturated heterocycles. The molecule has 1 saturated carbocycles. The monoisotopic (exact) mass is 192 g/mol. The van der Waals surface area contributed by atoms with Gasteiger partial charge in [-0.25, -0.2) is 9.97 Å². The van der Waals surface area contributed by atoms with Gasteiger partial charge in [0.05, 0.1) is 0 Å². The van der Waals surface area contributed by atoms with E-state index in [1.165, 1.54) is 0 Å². The fourth-order valence-corrected chi connectivity index (χ4v) is 1.76. The van der Waals surface area contributed by atoms with Gasteiger partial charge in [0.15, 0.2) is 0 Å². The molecule has 1 fully saturated rings. The van der Waals surface area contributed by atoms with Crippen LogP contribution < -0.4 is 11.1 Å². The molecule has 1 aromatic heterocycles. The number of aromatic nitrogens is 2. The lowest BCUT2D eigenvalue weighted by atomic mass is 9.81. The minimum Gasteiger partial charge on any atom is -0.370 e. The first-order chi connectivity index (χ1) is 6.74. The maximum atomic E-state index is 5.71. The molecule has 0 aliphatic heterocycles. The highest BCUT2D eigenvalue weighted by Crippen LogP contribution is 2.25. The zero-order valence-electron chi connectivity index (χ0n) is 8.40. The number of rotatable bonds is 3. The van der Waals surface area contributed by atoms with Gasteiger partial charge in [-0.2, -0.15) is 0 Å². The summed E-state index contributed by atoms with van der Waals surface area (Å²) in [4.78, 5) is 8.31. The van der Waals surface area contributed by atoms with Gasteiger partial charge in [0, 0.05) is 18.8 Å². The summed E-state index contributed by atoms with van der Waals surface area (Å²) in [5, 5.41) is 3.30. The van der Waals surface area contributed by atoms with E-state index in [4.69, 9.17) is 5.73 Å². The van der Waals surface area contributed by atoms with Crippen molar-refractivity contribution in [2.24, 2.45) is 11.7 Å². The van der Waals surface area contributed by atoms with Crippen molar-refractivity contribution in [3.63, 3.8) is 0 Å². The maximum Gasteiger partial charge on any atom is 0.129 e. The van der Waals surface area contributed by atoms with Crippen molar-refractivity contribution in [2.75, 3.05) is 11.9 Å². The van der Waals surface area contributed by atoms with Gasteiger partial charge in [0.2, 0.25) is 0 Å². The molecular weight excluding hydrogens is 176 g/mol. The Labute approximate surface area is 83.9 Å². The third kappa shape index (κ3) is 2.20. The third-order valence-electron chi connectivity index (χ3n) is 2.62. The molecule has 2 rings (SSSR count). The molecule has 1 aliphatic carbocycles. The normalized spacial score (nSPS) is 25.6. The second-order valence-electron chi connectivity index (χ2n) is 3.97. The van der Waals surface area contributed by atoms with Crippen LogP contribution in [-0.4, -0.2) is 22.6 Å². The zero-order valence-corrected chi connectivity index (χ0v) is 8.40. The fraction of sp³-hybridized carbons (Fsp3) is 0.600. The largest absolute Gasteiger partial charge is 0.370 e. The van der Waals surface area contributed by atoms with Crippen molar-refractivity contribution in [2.45, 2.75) is 25.8 Å². The van der Waals surface area contributed by atoms with Gasteiger partial charge in [0.25, 0.3) is 0 Å². The third-order valence-corrected chi connectivity index (χ3v) is 2.62. The number of hydrogen-bond donors (Lipinski definition) is 2. The summed E-state index contributed by atoms with van der Waals surface area (Å²) >= 11 is 0. The summed E-state index contributed by atoms with van der Waals surface area (Å²) in [5.74, 6) is 2.44. The van der Waals surface area contributed by atoms with Gasteiger partial charge >= 0.3 is 0 Å². The molecule has 0 atom stereocenters. The average Bonchev–Trinajstić information content (AvgIpc) is 2.11. The Hall–Kier alpha value is -1.16. The van der Waals surface area contributed by atoms with Crippen LogP contribution in [0.3, 0.4) is 0 Å². The smallest absolute Gasteiger partial charge is 0.129 e. The second-order valence-corrected chi connectivity index (χ2v) is 3.97. The molecular formula is C10H16N4. The van der Waals surface area contributed by atoms with Crippen molar-refractivity contribution < 1.29 is 0 Å². The Morgan fingerprint density at radius 3 is 3.00 bits per heavy atom. The Bertz CT molecular complexity index is 307. The maximum absolute atomic E-state index is 5.71. The van der Waals surface area contributed by atoms with Crippen molar-refractivity contribution >= 4 is 5.82 Å². The average molecular weight is 192 g/mol. The highest BCUT2D eigenvalue weighted by molar-refractivity contribution is 5.32. The SMILES string of the molecule is Cc1nccc(NCC2CC(N)C2)n1. The molecule has 1 aliphatic rings. The minimum atomic E-state index is 0.425. The molecule has 0 radical (unpaired) electrons. The lowest BCUT2D eigenvalue weighted by Gasteiger charge is -2.32. The lowest BCUT2D eigenvalue weighted by Crippen LogP contribution is -2.39. The van der Waals surface area contributed by atoms with Crippen LogP contribution in [0.2, 0.25) is 0 Å². The van der Waals surface area contributed by atoms with Gasteiger partial charge in [-0.1, -0.05) is 0 Å². The first kappa shape index (κ1) is 9.40. The Morgan fingerprint density at radius 2 is 2.36 bits per heavy atom. The fourth-order valence-electron chi connectivity index (χ4n) is 1.76. The first-order valence-electron chi connectivity index (χ1n) is 5.03. The van der Waals surface area contributed by atoms with Crippen LogP contribution in [0.5, 0.6) is 0 Å². The summed E-state index contributed by atoms with van der Waals surface area (Å²) in [6.07, 6.45) is 4.05. The van der Waals surface area contributed by atoms with Gasteiger partial charge in [-0.3, -0.25) is 0 Å². The van der Waals surface area contributed by atoms with E-state index in [1.807, 2.05) is 13.0 Å². The van der Waals surface area contributed by atoms with Crippen LogP contribution in [0.25, 0.3) is 0 Å². The van der Waals surface area contributed by atoms with Gasteiger partial charge in [-0.05, 0) is 31.7 Å². The number of anilines is 1. The quantitative estimate of drug-likeness (QED) is 0.748. The molecule has 0 unspecified atom stereocenters. The van der Waals surface area contributed by atoms with Crippen LogP contribution in [-0.2, 0) is 0 Å². The van der Waals surface area contributed by atoms with Crippen LogP contribution in [0.4, 0.5) is 5.82 Å². The van der Waals surface area contributed by atoms with E-state index < -0.39 is 0 Å². The Morgan fingerprint density at radius 1 is 1.57 bits per heavy atom. The molecule has 1 heterocycles. The summed E-state index contributed by atoms with van der Waals surface area (Å²) in [5.41, 5.74) is 5.71. The van der Waals surface area contributed by atoms with Crippen LogP contribution in [0, 0.1) is 12.8 Å². The molecule has 4 nitrogen and oxygen atoms in total. The number of nitrogens with one attached hydrogen (secondary N) is 1. The molecule has 76 valence electrons. The molecule has 3 N–H and O–H groups in total. The highest BCUT2D eigenvalue weighted by atomic mass is 15.0. The van der Waals surface area contributed by atoms with E-state index >= 15 is 0 Å². The van der Waals surface area contributed by atoms with E-state index in [0.29, 0.717) is 6.04 Å². The Balaban J connectivity index is 1.80. The minimum absolute atomic E-state index is 0.425. The van der Waals surface area contributed by atoms with E-state index in [9.17, 15) is 0 Å². The number of hydrogen-bond acceptors (Lipinski definition) is 4. The summed E-state index contributed by atoms with van der Waals surface area (Å²) in [6, 6.07) is 2.32. The Kier molecular flexibility index (Phi) is 2.63. The lowest BCUT2D eigenvalue weighted by molar-refractivity contribution is 0.280. The van der Waals surface area contributed by atoms with E-state index in [2.05, 4.69) is 15.3 Å². The number of nitrogens with zero attached hydrogens (tertiary/aromatic N) is 2. The molecule has 0 bridgehead atoms. The van der Waals surface area contributed by atoms with Crippen LogP contribution in [0.15, 0.2) is 12.3 Å². The van der Waals surface area contributed by atoms with E-state index in [0.717, 1.165) is 36.9 Å². The number of aryl methyl sites for hydroxylation is 1. The van der Waals surface area contributed by atoms with Crippen molar-refractivity contribution in [3.8, 4) is 0 Å². The molecule has 0 aromatic carbocycles. The van der Waals surface area contributed by atoms with E-state index in [1.54, 1.807) is 6.20 Å². The highest BCUT2D eigenvalue weighted by Gasteiger charge is 2.25. The number of nitrogens with two attached hydrogens (primary N) is 1. The molecule has 0 amide bonds. The summed E-state index contributed by atoms with van der Waals surface area (Å²) < 4.78 is 0. The summed E-state index contributed by atoms with van der Waals surface area (Å²) in [6.45, 7) is 2.87. The second kappa shape index (κ2) is 3.92. The van der Waals surface area contributed by atoms with Crippen molar-refractivity contribution in [1.29, 1.82) is 0 Å². The predicted octanol–water partition coefficient (Wildman–Crippen LogP) is 0.934. The van der Waals surface area contributed by atoms with Gasteiger partial charge in [-0.15, -0.1) is 0 Å². The molecule has 1 aromatic rings. The van der Waals surface area contributed by atoms with Crippen molar-refractivity contribution in [3.05, 3.63) is 18.1 Å². The predicted molar refractivity (Wildman–Crippen MR) is 56.0 cm³/mol. The van der Waals surface area contributed by atoms with Crippen molar-refractivity contribution in [1.82, 2.24) is 9.97 Å². The molecule has 14 heavy (non-hydrogen) atoms. The first-order valence-corrected chi connectivity index (χ1v) is 5.03. The van der Waals surface area contributed by atoms with Crippen LogP contribution in [0.1, 0.15) is 18.7 Å². The topological polar surface area (TPSA) is 63.8 Å². The van der Waals surface area contributed by atoms with E-state index in [-0.39, 0.29) is 0 Å². The molecule has 0 spiro atoms. The summed E-state index contributed by atoms with van der Waals surface area (Å²) in [7, 11) is 0. The van der Waals surface area contributed by atoms with Gasteiger partial charge in [0.1, 0.15) is 11.6 Å².